The Bertz CT molecular complexity index is 386. The van der Waals surface area contributed by atoms with Gasteiger partial charge in [0, 0.05) is 13.2 Å². The number of nitrogens with zero attached hydrogens (tertiary/aromatic N) is 2. The molecule has 0 radical (unpaired) electrons. The van der Waals surface area contributed by atoms with Gasteiger partial charge in [0.05, 0.1) is 11.7 Å². The summed E-state index contributed by atoms with van der Waals surface area (Å²) in [5.74, 6) is 5.89. The molecule has 0 amide bonds. The van der Waals surface area contributed by atoms with E-state index in [0.717, 1.165) is 11.3 Å². The lowest BCUT2D eigenvalue weighted by atomic mass is 10.0. The van der Waals surface area contributed by atoms with Crippen molar-refractivity contribution in [1.29, 1.82) is 0 Å². The van der Waals surface area contributed by atoms with Gasteiger partial charge in [0.2, 0.25) is 0 Å². The molecule has 16 heavy (non-hydrogen) atoms. The van der Waals surface area contributed by atoms with E-state index in [1.807, 2.05) is 43.4 Å². The fourth-order valence-electron chi connectivity index (χ4n) is 1.79. The number of nitrogens with two attached hydrogens (primary N) is 1. The summed E-state index contributed by atoms with van der Waals surface area (Å²) in [5.41, 5.74) is 2.10. The third-order valence-corrected chi connectivity index (χ3v) is 2.49. The number of rotatable bonds is 3. The van der Waals surface area contributed by atoms with E-state index in [-0.39, 0.29) is 6.04 Å². The van der Waals surface area contributed by atoms with Crippen LogP contribution in [0.3, 0.4) is 0 Å². The van der Waals surface area contributed by atoms with E-state index >= 15 is 0 Å². The van der Waals surface area contributed by atoms with Crippen molar-refractivity contribution >= 4 is 0 Å². The monoisotopic (exact) mass is 213 g/mol. The van der Waals surface area contributed by atoms with Crippen LogP contribution >= 0.6 is 0 Å². The minimum Gasteiger partial charge on any atom is -0.268 e. The van der Waals surface area contributed by atoms with Gasteiger partial charge in [-0.3, -0.25) is 10.8 Å². The van der Waals surface area contributed by atoms with Crippen LogP contribution in [0.4, 0.5) is 0 Å². The molecule has 2 aromatic rings. The molecule has 0 saturated heterocycles. The maximum atomic E-state index is 5.89. The molecule has 0 spiro atoms. The second-order valence-electron chi connectivity index (χ2n) is 3.73. The smallest absolute Gasteiger partial charge is 0.0908 e. The van der Waals surface area contributed by atoms with Crippen LogP contribution in [0.1, 0.15) is 17.3 Å². The van der Waals surface area contributed by atoms with Crippen LogP contribution in [0.2, 0.25) is 0 Å². The summed E-state index contributed by atoms with van der Waals surface area (Å²) in [5, 5.41) is 1.68. The first-order valence-corrected chi connectivity index (χ1v) is 5.22. The Kier molecular flexibility index (Phi) is 3.29. The van der Waals surface area contributed by atoms with Crippen molar-refractivity contribution in [3.63, 3.8) is 0 Å². The van der Waals surface area contributed by atoms with Gasteiger partial charge in [0.25, 0.3) is 0 Å². The lowest BCUT2D eigenvalue weighted by Crippen LogP contribution is -2.32. The average Bonchev–Trinajstić information content (AvgIpc) is 2.31. The molecule has 0 aliphatic rings. The number of hydrazine groups is 1. The van der Waals surface area contributed by atoms with Crippen LogP contribution in [0.5, 0.6) is 0 Å². The molecule has 1 aromatic carbocycles. The number of benzene rings is 1. The van der Waals surface area contributed by atoms with Crippen molar-refractivity contribution in [2.24, 2.45) is 5.84 Å². The lowest BCUT2D eigenvalue weighted by molar-refractivity contribution is 0.284. The van der Waals surface area contributed by atoms with Crippen molar-refractivity contribution < 1.29 is 0 Å². The highest BCUT2D eigenvalue weighted by Gasteiger charge is 2.17. The van der Waals surface area contributed by atoms with Crippen molar-refractivity contribution in [3.05, 3.63) is 66.0 Å². The lowest BCUT2D eigenvalue weighted by Gasteiger charge is -2.23. The SMILES string of the molecule is CN(N)C(c1ccccc1)c1ccccn1. The summed E-state index contributed by atoms with van der Waals surface area (Å²) >= 11 is 0. The van der Waals surface area contributed by atoms with E-state index < -0.39 is 0 Å². The predicted octanol–water partition coefficient (Wildman–Crippen LogP) is 1.98. The quantitative estimate of drug-likeness (QED) is 0.626. The second kappa shape index (κ2) is 4.88. The van der Waals surface area contributed by atoms with Crippen LogP contribution in [-0.4, -0.2) is 17.0 Å². The third kappa shape index (κ3) is 2.27. The van der Waals surface area contributed by atoms with Crippen molar-refractivity contribution in [3.8, 4) is 0 Å². The maximum Gasteiger partial charge on any atom is 0.0908 e. The summed E-state index contributed by atoms with van der Waals surface area (Å²) in [6.45, 7) is 0. The summed E-state index contributed by atoms with van der Waals surface area (Å²) in [6, 6.07) is 16.0. The van der Waals surface area contributed by atoms with Crippen LogP contribution in [0, 0.1) is 0 Å². The molecule has 2 rings (SSSR count). The zero-order chi connectivity index (χ0) is 11.4. The highest BCUT2D eigenvalue weighted by Crippen LogP contribution is 2.23. The Morgan fingerprint density at radius 2 is 1.75 bits per heavy atom. The molecule has 1 unspecified atom stereocenters. The van der Waals surface area contributed by atoms with E-state index in [9.17, 15) is 0 Å². The molecule has 3 heteroatoms. The molecule has 1 atom stereocenters. The van der Waals surface area contributed by atoms with Gasteiger partial charge < -0.3 is 0 Å². The van der Waals surface area contributed by atoms with Crippen molar-refractivity contribution in [1.82, 2.24) is 9.99 Å². The molecular weight excluding hydrogens is 198 g/mol. The fraction of sp³-hybridized carbons (Fsp3) is 0.154. The zero-order valence-corrected chi connectivity index (χ0v) is 9.25. The molecule has 0 aliphatic carbocycles. The highest BCUT2D eigenvalue weighted by molar-refractivity contribution is 5.27. The van der Waals surface area contributed by atoms with Crippen LogP contribution in [-0.2, 0) is 0 Å². The standard InChI is InChI=1S/C13H15N3/c1-16(14)13(11-7-3-2-4-8-11)12-9-5-6-10-15-12/h2-10,13H,14H2,1H3. The first-order valence-electron chi connectivity index (χ1n) is 5.22. The van der Waals surface area contributed by atoms with E-state index in [1.165, 1.54) is 0 Å². The second-order valence-corrected chi connectivity index (χ2v) is 3.73. The summed E-state index contributed by atoms with van der Waals surface area (Å²) < 4.78 is 0. The van der Waals surface area contributed by atoms with Crippen LogP contribution in [0.25, 0.3) is 0 Å². The molecule has 0 aliphatic heterocycles. The Morgan fingerprint density at radius 1 is 1.06 bits per heavy atom. The van der Waals surface area contributed by atoms with E-state index in [2.05, 4.69) is 17.1 Å². The van der Waals surface area contributed by atoms with E-state index in [1.54, 1.807) is 11.2 Å². The first-order chi connectivity index (χ1) is 7.79. The molecule has 82 valence electrons. The van der Waals surface area contributed by atoms with Gasteiger partial charge in [0.15, 0.2) is 0 Å². The Hall–Kier alpha value is -1.71. The summed E-state index contributed by atoms with van der Waals surface area (Å²) in [6.07, 6.45) is 1.79. The molecule has 0 bridgehead atoms. The van der Waals surface area contributed by atoms with Gasteiger partial charge in [-0.25, -0.2) is 5.01 Å². The first kappa shape index (κ1) is 10.8. The molecule has 0 saturated carbocycles. The van der Waals surface area contributed by atoms with Crippen LogP contribution in [0.15, 0.2) is 54.7 Å². The Morgan fingerprint density at radius 3 is 2.31 bits per heavy atom. The third-order valence-electron chi connectivity index (χ3n) is 2.49. The molecule has 1 aromatic heterocycles. The highest BCUT2D eigenvalue weighted by atomic mass is 15.4. The van der Waals surface area contributed by atoms with Gasteiger partial charge in [-0.05, 0) is 17.7 Å². The molecule has 3 nitrogen and oxygen atoms in total. The normalized spacial score (nSPS) is 12.7. The van der Waals surface area contributed by atoms with E-state index in [4.69, 9.17) is 5.84 Å². The molecular formula is C13H15N3. The Balaban J connectivity index is 2.40. The topological polar surface area (TPSA) is 42.1 Å². The zero-order valence-electron chi connectivity index (χ0n) is 9.25. The largest absolute Gasteiger partial charge is 0.268 e. The summed E-state index contributed by atoms with van der Waals surface area (Å²) in [4.78, 5) is 4.36. The van der Waals surface area contributed by atoms with Crippen LogP contribution < -0.4 is 5.84 Å². The van der Waals surface area contributed by atoms with Gasteiger partial charge >= 0.3 is 0 Å². The Labute approximate surface area is 95.5 Å². The minimum absolute atomic E-state index is 0.00222. The maximum absolute atomic E-state index is 5.89. The molecule has 2 N–H and O–H groups in total. The van der Waals surface area contributed by atoms with Gasteiger partial charge in [0.1, 0.15) is 0 Å². The average molecular weight is 213 g/mol. The van der Waals surface area contributed by atoms with Crippen molar-refractivity contribution in [2.45, 2.75) is 6.04 Å². The van der Waals surface area contributed by atoms with E-state index in [0.29, 0.717) is 0 Å². The number of pyridine rings is 1. The fourth-order valence-corrected chi connectivity index (χ4v) is 1.79. The predicted molar refractivity (Wildman–Crippen MR) is 64.5 cm³/mol. The summed E-state index contributed by atoms with van der Waals surface area (Å²) in [7, 11) is 1.85. The van der Waals surface area contributed by atoms with Gasteiger partial charge in [-0.2, -0.15) is 0 Å². The van der Waals surface area contributed by atoms with Crippen molar-refractivity contribution in [2.75, 3.05) is 7.05 Å². The van der Waals surface area contributed by atoms with Gasteiger partial charge in [-0.1, -0.05) is 36.4 Å². The molecule has 1 heterocycles. The number of hydrogen-bond donors (Lipinski definition) is 1. The van der Waals surface area contributed by atoms with Gasteiger partial charge in [-0.15, -0.1) is 0 Å². The number of hydrogen-bond acceptors (Lipinski definition) is 3. The molecule has 0 fully saturated rings. The minimum atomic E-state index is 0.00222. The number of aromatic nitrogens is 1.